The van der Waals surface area contributed by atoms with Crippen LogP contribution in [0.3, 0.4) is 0 Å². The summed E-state index contributed by atoms with van der Waals surface area (Å²) in [5, 5.41) is 8.68. The minimum absolute atomic E-state index is 0.0170. The second-order valence-electron chi connectivity index (χ2n) is 6.32. The molecule has 2 N–H and O–H groups in total. The number of halogens is 3. The summed E-state index contributed by atoms with van der Waals surface area (Å²) in [5.41, 5.74) is -0.0583. The Labute approximate surface area is 170 Å². The van der Waals surface area contributed by atoms with Crippen molar-refractivity contribution in [2.24, 2.45) is 0 Å². The number of anilines is 2. The maximum absolute atomic E-state index is 13.3. The molecule has 1 heterocycles. The molecule has 0 fully saturated rings. The van der Waals surface area contributed by atoms with Gasteiger partial charge in [0, 0.05) is 30.4 Å². The second-order valence-corrected chi connectivity index (χ2v) is 6.32. The first kappa shape index (κ1) is 20.8. The normalized spacial score (nSPS) is 11.5. The van der Waals surface area contributed by atoms with Gasteiger partial charge in [-0.2, -0.15) is 18.3 Å². The zero-order valence-electron chi connectivity index (χ0n) is 15.8. The smallest absolute Gasteiger partial charge is 0.326 e. The van der Waals surface area contributed by atoms with Crippen LogP contribution in [0.5, 0.6) is 0 Å². The highest BCUT2D eigenvalue weighted by atomic mass is 19.4. The molecule has 0 unspecified atom stereocenters. The minimum atomic E-state index is -4.71. The van der Waals surface area contributed by atoms with Gasteiger partial charge in [-0.05, 0) is 36.4 Å². The lowest BCUT2D eigenvalue weighted by atomic mass is 10.1. The highest BCUT2D eigenvalue weighted by Gasteiger charge is 2.34. The van der Waals surface area contributed by atoms with Crippen LogP contribution in [0.4, 0.5) is 24.5 Å². The number of nitrogens with one attached hydrogen (secondary N) is 2. The van der Waals surface area contributed by atoms with Gasteiger partial charge in [0.15, 0.2) is 0 Å². The quantitative estimate of drug-likeness (QED) is 0.604. The molecule has 0 saturated heterocycles. The SMILES string of the molecule is CC(=O)Nc1ccc(NC(=O)/C=C/c2cnn(-c3ccccc3)c2)c(C(F)(F)F)c1. The molecule has 0 aliphatic rings. The molecule has 154 valence electrons. The van der Waals surface area contributed by atoms with Gasteiger partial charge in [-0.25, -0.2) is 4.68 Å². The van der Waals surface area contributed by atoms with Gasteiger partial charge in [-0.3, -0.25) is 9.59 Å². The fourth-order valence-electron chi connectivity index (χ4n) is 2.66. The molecular formula is C21H17F3N4O2. The third-order valence-electron chi connectivity index (χ3n) is 3.95. The maximum Gasteiger partial charge on any atom is 0.418 e. The third-order valence-corrected chi connectivity index (χ3v) is 3.95. The molecule has 0 atom stereocenters. The third kappa shape index (κ3) is 5.34. The van der Waals surface area contributed by atoms with Gasteiger partial charge in [0.25, 0.3) is 0 Å². The van der Waals surface area contributed by atoms with Crippen molar-refractivity contribution in [2.45, 2.75) is 13.1 Å². The fourth-order valence-corrected chi connectivity index (χ4v) is 2.66. The lowest BCUT2D eigenvalue weighted by molar-refractivity contribution is -0.137. The number of aromatic nitrogens is 2. The van der Waals surface area contributed by atoms with E-state index in [9.17, 15) is 22.8 Å². The molecule has 0 spiro atoms. The van der Waals surface area contributed by atoms with Gasteiger partial charge >= 0.3 is 6.18 Å². The zero-order valence-corrected chi connectivity index (χ0v) is 15.8. The number of nitrogens with zero attached hydrogens (tertiary/aromatic N) is 2. The summed E-state index contributed by atoms with van der Waals surface area (Å²) in [7, 11) is 0. The van der Waals surface area contributed by atoms with Crippen LogP contribution in [0.1, 0.15) is 18.1 Å². The highest BCUT2D eigenvalue weighted by molar-refractivity contribution is 6.02. The Balaban J connectivity index is 1.74. The van der Waals surface area contributed by atoms with Crippen molar-refractivity contribution in [1.29, 1.82) is 0 Å². The zero-order chi connectivity index (χ0) is 21.7. The summed E-state index contributed by atoms with van der Waals surface area (Å²) >= 11 is 0. The standard InChI is InChI=1S/C21H17F3N4O2/c1-14(29)26-16-8-9-19(18(11-16)21(22,23)24)27-20(30)10-7-15-12-25-28(13-15)17-5-3-2-4-6-17/h2-13H,1H3,(H,26,29)(H,27,30)/b10-7+. The van der Waals surface area contributed by atoms with E-state index in [4.69, 9.17) is 0 Å². The van der Waals surface area contributed by atoms with Crippen molar-refractivity contribution in [3.8, 4) is 5.69 Å². The van der Waals surface area contributed by atoms with Crippen LogP contribution in [-0.2, 0) is 15.8 Å². The second kappa shape index (κ2) is 8.64. The van der Waals surface area contributed by atoms with Crippen molar-refractivity contribution in [3.05, 3.63) is 78.1 Å². The molecule has 0 bridgehead atoms. The van der Waals surface area contributed by atoms with Gasteiger partial charge in [0.1, 0.15) is 0 Å². The Bertz CT molecular complexity index is 1090. The van der Waals surface area contributed by atoms with Gasteiger partial charge in [-0.15, -0.1) is 0 Å². The van der Waals surface area contributed by atoms with Crippen LogP contribution < -0.4 is 10.6 Å². The number of amides is 2. The van der Waals surface area contributed by atoms with E-state index in [0.29, 0.717) is 5.56 Å². The molecule has 1 aromatic heterocycles. The van der Waals surface area contributed by atoms with E-state index in [1.54, 1.807) is 10.9 Å². The van der Waals surface area contributed by atoms with Crippen LogP contribution >= 0.6 is 0 Å². The predicted molar refractivity (Wildman–Crippen MR) is 107 cm³/mol. The van der Waals surface area contributed by atoms with Crippen LogP contribution in [0.25, 0.3) is 11.8 Å². The van der Waals surface area contributed by atoms with E-state index in [2.05, 4.69) is 15.7 Å². The topological polar surface area (TPSA) is 76.0 Å². The number of rotatable bonds is 5. The Kier molecular flexibility index (Phi) is 6.01. The first-order chi connectivity index (χ1) is 14.2. The van der Waals surface area contributed by atoms with Crippen LogP contribution in [-0.4, -0.2) is 21.6 Å². The highest BCUT2D eigenvalue weighted by Crippen LogP contribution is 2.36. The van der Waals surface area contributed by atoms with E-state index in [1.165, 1.54) is 25.3 Å². The number of hydrogen-bond acceptors (Lipinski definition) is 3. The number of benzene rings is 2. The van der Waals surface area contributed by atoms with E-state index >= 15 is 0 Å². The van der Waals surface area contributed by atoms with Crippen LogP contribution in [0.15, 0.2) is 67.0 Å². The number of carbonyl (C=O) groups excluding carboxylic acids is 2. The van der Waals surface area contributed by atoms with E-state index < -0.39 is 29.2 Å². The number of carbonyl (C=O) groups is 2. The predicted octanol–water partition coefficient (Wildman–Crippen LogP) is 4.50. The molecule has 6 nitrogen and oxygen atoms in total. The average molecular weight is 414 g/mol. The number of alkyl halides is 3. The molecule has 2 amide bonds. The molecule has 3 aromatic rings. The van der Waals surface area contributed by atoms with Crippen molar-refractivity contribution in [2.75, 3.05) is 10.6 Å². The summed E-state index contributed by atoms with van der Waals surface area (Å²) in [6.45, 7) is 1.19. The number of para-hydroxylation sites is 1. The first-order valence-electron chi connectivity index (χ1n) is 8.80. The first-order valence-corrected chi connectivity index (χ1v) is 8.80. The molecule has 0 radical (unpaired) electrons. The summed E-state index contributed by atoms with van der Waals surface area (Å²) in [6.07, 6.45) is 1.06. The molecule has 0 aliphatic carbocycles. The van der Waals surface area contributed by atoms with Gasteiger partial charge in [-0.1, -0.05) is 18.2 Å². The Morgan fingerprint density at radius 2 is 1.80 bits per heavy atom. The lowest BCUT2D eigenvalue weighted by Gasteiger charge is -2.15. The maximum atomic E-state index is 13.3. The van der Waals surface area contributed by atoms with E-state index in [0.717, 1.165) is 23.9 Å². The minimum Gasteiger partial charge on any atom is -0.326 e. The molecule has 0 saturated carbocycles. The van der Waals surface area contributed by atoms with Gasteiger partial charge in [0.05, 0.1) is 23.1 Å². The van der Waals surface area contributed by atoms with Crippen molar-refractivity contribution in [3.63, 3.8) is 0 Å². The van der Waals surface area contributed by atoms with Gasteiger partial charge in [0.2, 0.25) is 11.8 Å². The monoisotopic (exact) mass is 414 g/mol. The van der Waals surface area contributed by atoms with Crippen molar-refractivity contribution in [1.82, 2.24) is 9.78 Å². The fraction of sp³-hybridized carbons (Fsp3) is 0.0952. The summed E-state index contributed by atoms with van der Waals surface area (Å²) < 4.78 is 41.6. The van der Waals surface area contributed by atoms with E-state index in [-0.39, 0.29) is 5.69 Å². The molecule has 0 aliphatic heterocycles. The molecule has 2 aromatic carbocycles. The molecule has 3 rings (SSSR count). The largest absolute Gasteiger partial charge is 0.418 e. The number of hydrogen-bond donors (Lipinski definition) is 2. The lowest BCUT2D eigenvalue weighted by Crippen LogP contribution is -2.16. The Hall–Kier alpha value is -3.88. The van der Waals surface area contributed by atoms with Crippen molar-refractivity contribution >= 4 is 29.3 Å². The van der Waals surface area contributed by atoms with E-state index in [1.807, 2.05) is 30.3 Å². The Morgan fingerprint density at radius 3 is 2.47 bits per heavy atom. The molecule has 9 heteroatoms. The average Bonchev–Trinajstić information content (AvgIpc) is 3.16. The molecule has 30 heavy (non-hydrogen) atoms. The van der Waals surface area contributed by atoms with Crippen LogP contribution in [0.2, 0.25) is 0 Å². The van der Waals surface area contributed by atoms with Gasteiger partial charge < -0.3 is 10.6 Å². The van der Waals surface area contributed by atoms with Crippen LogP contribution in [0, 0.1) is 0 Å². The Morgan fingerprint density at radius 1 is 1.07 bits per heavy atom. The summed E-state index contributed by atoms with van der Waals surface area (Å²) in [4.78, 5) is 23.2. The summed E-state index contributed by atoms with van der Waals surface area (Å²) in [6, 6.07) is 12.4. The molecular weight excluding hydrogens is 397 g/mol. The van der Waals surface area contributed by atoms with Crippen molar-refractivity contribution < 1.29 is 22.8 Å². The summed E-state index contributed by atoms with van der Waals surface area (Å²) in [5.74, 6) is -1.24.